The van der Waals surface area contributed by atoms with Crippen LogP contribution in [0.5, 0.6) is 0 Å². The van der Waals surface area contributed by atoms with E-state index < -0.39 is 0 Å². The molecule has 0 bridgehead atoms. The van der Waals surface area contributed by atoms with E-state index in [1.165, 1.54) is 10.4 Å². The van der Waals surface area contributed by atoms with Crippen molar-refractivity contribution in [2.75, 3.05) is 13.1 Å². The lowest BCUT2D eigenvalue weighted by Gasteiger charge is -2.38. The van der Waals surface area contributed by atoms with Gasteiger partial charge < -0.3 is 5.32 Å². The van der Waals surface area contributed by atoms with Crippen molar-refractivity contribution in [1.82, 2.24) is 10.2 Å². The highest BCUT2D eigenvalue weighted by Crippen LogP contribution is 2.35. The van der Waals surface area contributed by atoms with Gasteiger partial charge in [0.25, 0.3) is 5.91 Å². The van der Waals surface area contributed by atoms with Gasteiger partial charge in [0, 0.05) is 35.6 Å². The number of carbonyl (C=O) groups excluding carboxylic acids is 1. The van der Waals surface area contributed by atoms with Crippen molar-refractivity contribution in [2.24, 2.45) is 0 Å². The van der Waals surface area contributed by atoms with Crippen molar-refractivity contribution in [3.63, 3.8) is 0 Å². The average molecular weight is 339 g/mol. The number of hydrogen-bond donors (Lipinski definition) is 1. The molecule has 0 fully saturated rings. The molecule has 0 radical (unpaired) electrons. The summed E-state index contributed by atoms with van der Waals surface area (Å²) in [5, 5.41) is 14.0. The fraction of sp³-hybridized carbons (Fsp3) is 0.368. The average Bonchev–Trinajstić information content (AvgIpc) is 3.06. The van der Waals surface area contributed by atoms with Crippen LogP contribution >= 0.6 is 11.3 Å². The van der Waals surface area contributed by atoms with Gasteiger partial charge in [-0.15, -0.1) is 11.3 Å². The van der Waals surface area contributed by atoms with Crippen LogP contribution in [0.3, 0.4) is 0 Å². The molecule has 1 N–H and O–H groups in total. The third-order valence-corrected chi connectivity index (χ3v) is 5.80. The minimum atomic E-state index is -0.0892. The van der Waals surface area contributed by atoms with Crippen LogP contribution in [0, 0.1) is 11.3 Å². The normalized spacial score (nSPS) is 20.2. The molecule has 1 aromatic heterocycles. The molecule has 124 valence electrons. The Balaban J connectivity index is 1.56. The van der Waals surface area contributed by atoms with Crippen molar-refractivity contribution in [3.8, 4) is 6.07 Å². The molecule has 2 atom stereocenters. The second-order valence-electron chi connectivity index (χ2n) is 6.22. The lowest BCUT2D eigenvalue weighted by Crippen LogP contribution is -2.44. The summed E-state index contributed by atoms with van der Waals surface area (Å²) < 4.78 is 0. The number of fused-ring (bicyclic) bond motifs is 1. The number of carbonyl (C=O) groups is 1. The SMILES string of the molecule is C[C@H]1Cc2ccsc2[C@H](C)N1CCNC(=O)c1ccc(C#N)cc1. The standard InChI is InChI=1S/C19H21N3OS/c1-13-11-17-7-10-24-18(17)14(2)22(13)9-8-21-19(23)16-5-3-15(12-20)4-6-16/h3-7,10,13-14H,8-9,11H2,1-2H3,(H,21,23)/t13-,14-/m0/s1. The first-order valence-electron chi connectivity index (χ1n) is 8.20. The molecule has 4 nitrogen and oxygen atoms in total. The fourth-order valence-electron chi connectivity index (χ4n) is 3.36. The summed E-state index contributed by atoms with van der Waals surface area (Å²) in [4.78, 5) is 16.1. The predicted molar refractivity (Wildman–Crippen MR) is 96.1 cm³/mol. The summed E-state index contributed by atoms with van der Waals surface area (Å²) in [6, 6.07) is 11.9. The van der Waals surface area contributed by atoms with Crippen LogP contribution in [0.2, 0.25) is 0 Å². The first kappa shape index (κ1) is 16.7. The Hall–Kier alpha value is -2.16. The number of nitriles is 1. The molecule has 1 amide bonds. The highest BCUT2D eigenvalue weighted by Gasteiger charge is 2.29. The van der Waals surface area contributed by atoms with Gasteiger partial charge >= 0.3 is 0 Å². The van der Waals surface area contributed by atoms with E-state index in [1.54, 1.807) is 24.3 Å². The molecule has 0 unspecified atom stereocenters. The summed E-state index contributed by atoms with van der Waals surface area (Å²) in [6.45, 7) is 5.95. The first-order chi connectivity index (χ1) is 11.6. The molecule has 0 aliphatic carbocycles. The molecule has 1 aromatic carbocycles. The van der Waals surface area contributed by atoms with Crippen LogP contribution in [0.25, 0.3) is 0 Å². The minimum Gasteiger partial charge on any atom is -0.351 e. The highest BCUT2D eigenvalue weighted by molar-refractivity contribution is 7.10. The number of hydrogen-bond acceptors (Lipinski definition) is 4. The molecule has 24 heavy (non-hydrogen) atoms. The van der Waals surface area contributed by atoms with Crippen LogP contribution in [-0.2, 0) is 6.42 Å². The van der Waals surface area contributed by atoms with E-state index >= 15 is 0 Å². The van der Waals surface area contributed by atoms with Crippen LogP contribution < -0.4 is 5.32 Å². The molecule has 5 heteroatoms. The summed E-state index contributed by atoms with van der Waals surface area (Å²) in [7, 11) is 0. The largest absolute Gasteiger partial charge is 0.351 e. The Morgan fingerprint density at radius 3 is 2.79 bits per heavy atom. The maximum Gasteiger partial charge on any atom is 0.251 e. The molecule has 1 aliphatic heterocycles. The van der Waals surface area contributed by atoms with Gasteiger partial charge in [-0.3, -0.25) is 9.69 Å². The van der Waals surface area contributed by atoms with Crippen molar-refractivity contribution in [3.05, 3.63) is 57.3 Å². The van der Waals surface area contributed by atoms with Crippen molar-refractivity contribution >= 4 is 17.2 Å². The molecule has 0 saturated heterocycles. The van der Waals surface area contributed by atoms with E-state index in [9.17, 15) is 4.79 Å². The lowest BCUT2D eigenvalue weighted by molar-refractivity contribution is 0.0930. The molecule has 3 rings (SSSR count). The maximum atomic E-state index is 12.2. The Morgan fingerprint density at radius 1 is 1.33 bits per heavy atom. The van der Waals surface area contributed by atoms with E-state index in [1.807, 2.05) is 11.3 Å². The van der Waals surface area contributed by atoms with Gasteiger partial charge in [-0.05, 0) is 61.5 Å². The van der Waals surface area contributed by atoms with Gasteiger partial charge in [-0.2, -0.15) is 5.26 Å². The van der Waals surface area contributed by atoms with Gasteiger partial charge in [0.15, 0.2) is 0 Å². The second kappa shape index (κ2) is 7.16. The van der Waals surface area contributed by atoms with Crippen molar-refractivity contribution < 1.29 is 4.79 Å². The van der Waals surface area contributed by atoms with Crippen LogP contribution in [0.4, 0.5) is 0 Å². The topological polar surface area (TPSA) is 56.1 Å². The molecule has 2 heterocycles. The zero-order valence-corrected chi connectivity index (χ0v) is 14.8. The quantitative estimate of drug-likeness (QED) is 0.929. The number of amides is 1. The van der Waals surface area contributed by atoms with Crippen LogP contribution in [0.15, 0.2) is 35.7 Å². The summed E-state index contributed by atoms with van der Waals surface area (Å²) >= 11 is 1.82. The Labute approximate surface area is 146 Å². The Bertz CT molecular complexity index is 760. The van der Waals surface area contributed by atoms with Crippen LogP contribution in [-0.4, -0.2) is 29.9 Å². The van der Waals surface area contributed by atoms with Gasteiger partial charge in [-0.25, -0.2) is 0 Å². The monoisotopic (exact) mass is 339 g/mol. The van der Waals surface area contributed by atoms with Gasteiger partial charge in [0.05, 0.1) is 11.6 Å². The zero-order valence-electron chi connectivity index (χ0n) is 14.0. The number of thiophene rings is 1. The highest BCUT2D eigenvalue weighted by atomic mass is 32.1. The molecular formula is C19H21N3OS. The lowest BCUT2D eigenvalue weighted by atomic mass is 9.97. The number of nitrogens with one attached hydrogen (secondary N) is 1. The van der Waals surface area contributed by atoms with Crippen molar-refractivity contribution in [1.29, 1.82) is 5.26 Å². The fourth-order valence-corrected chi connectivity index (χ4v) is 4.38. The third-order valence-electron chi connectivity index (χ3n) is 4.67. The van der Waals surface area contributed by atoms with E-state index in [4.69, 9.17) is 5.26 Å². The zero-order chi connectivity index (χ0) is 17.1. The summed E-state index contributed by atoms with van der Waals surface area (Å²) in [5.41, 5.74) is 2.63. The minimum absolute atomic E-state index is 0.0892. The first-order valence-corrected chi connectivity index (χ1v) is 9.08. The Kier molecular flexibility index (Phi) is 4.98. The van der Waals surface area contributed by atoms with Gasteiger partial charge in [0.1, 0.15) is 0 Å². The second-order valence-corrected chi connectivity index (χ2v) is 7.17. The number of rotatable bonds is 4. The molecule has 0 spiro atoms. The van der Waals surface area contributed by atoms with Crippen LogP contribution in [0.1, 0.15) is 46.3 Å². The molecule has 2 aromatic rings. The maximum absolute atomic E-state index is 12.2. The summed E-state index contributed by atoms with van der Waals surface area (Å²) in [6.07, 6.45) is 1.08. The van der Waals surface area contributed by atoms with E-state index in [0.29, 0.717) is 29.8 Å². The van der Waals surface area contributed by atoms with Crippen molar-refractivity contribution in [2.45, 2.75) is 32.4 Å². The predicted octanol–water partition coefficient (Wildman–Crippen LogP) is 3.36. The van der Waals surface area contributed by atoms with Gasteiger partial charge in [-0.1, -0.05) is 0 Å². The third kappa shape index (κ3) is 3.35. The molecular weight excluding hydrogens is 318 g/mol. The smallest absolute Gasteiger partial charge is 0.251 e. The number of nitrogens with zero attached hydrogens (tertiary/aromatic N) is 2. The Morgan fingerprint density at radius 2 is 2.08 bits per heavy atom. The molecule has 1 aliphatic rings. The molecule has 0 saturated carbocycles. The van der Waals surface area contributed by atoms with E-state index in [0.717, 1.165) is 13.0 Å². The number of benzene rings is 1. The van der Waals surface area contributed by atoms with E-state index in [2.05, 4.69) is 41.6 Å². The van der Waals surface area contributed by atoms with E-state index in [-0.39, 0.29) is 5.91 Å². The summed E-state index contributed by atoms with van der Waals surface area (Å²) in [5.74, 6) is -0.0892. The van der Waals surface area contributed by atoms with Gasteiger partial charge in [0.2, 0.25) is 0 Å².